The highest BCUT2D eigenvalue weighted by Gasteiger charge is 2.11. The Bertz CT molecular complexity index is 433. The predicted molar refractivity (Wildman–Crippen MR) is 85.8 cm³/mol. The van der Waals surface area contributed by atoms with Crippen LogP contribution in [0.1, 0.15) is 42.6 Å². The number of benzene rings is 1. The van der Waals surface area contributed by atoms with Gasteiger partial charge >= 0.3 is 0 Å². The molecule has 0 radical (unpaired) electrons. The molecule has 0 aromatic heterocycles. The van der Waals surface area contributed by atoms with Crippen molar-refractivity contribution in [2.24, 2.45) is 5.92 Å². The van der Waals surface area contributed by atoms with Crippen molar-refractivity contribution in [3.8, 4) is 0 Å². The first-order chi connectivity index (χ1) is 10.1. The Morgan fingerprint density at radius 2 is 1.86 bits per heavy atom. The zero-order valence-corrected chi connectivity index (χ0v) is 13.3. The Morgan fingerprint density at radius 1 is 1.19 bits per heavy atom. The van der Waals surface area contributed by atoms with Gasteiger partial charge in [0.05, 0.1) is 13.2 Å². The van der Waals surface area contributed by atoms with Crippen LogP contribution in [0.3, 0.4) is 0 Å². The van der Waals surface area contributed by atoms with E-state index < -0.39 is 0 Å². The first-order valence-electron chi connectivity index (χ1n) is 8.07. The lowest BCUT2D eigenvalue weighted by atomic mass is 9.99. The van der Waals surface area contributed by atoms with Crippen molar-refractivity contribution in [1.82, 2.24) is 4.90 Å². The summed E-state index contributed by atoms with van der Waals surface area (Å²) >= 11 is 0. The molecule has 0 aliphatic carbocycles. The topological polar surface area (TPSA) is 29.5 Å². The van der Waals surface area contributed by atoms with E-state index in [4.69, 9.17) is 4.74 Å². The molecule has 1 fully saturated rings. The Kier molecular flexibility index (Phi) is 6.40. The van der Waals surface area contributed by atoms with E-state index in [1.54, 1.807) is 0 Å². The van der Waals surface area contributed by atoms with Gasteiger partial charge in [-0.15, -0.1) is 0 Å². The van der Waals surface area contributed by atoms with E-state index in [9.17, 15) is 4.79 Å². The highest BCUT2D eigenvalue weighted by atomic mass is 16.5. The highest BCUT2D eigenvalue weighted by Crippen LogP contribution is 2.12. The van der Waals surface area contributed by atoms with Gasteiger partial charge in [-0.2, -0.15) is 0 Å². The Morgan fingerprint density at radius 3 is 2.48 bits per heavy atom. The smallest absolute Gasteiger partial charge is 0.162 e. The third-order valence-corrected chi connectivity index (χ3v) is 3.90. The molecule has 0 unspecified atom stereocenters. The van der Waals surface area contributed by atoms with E-state index >= 15 is 0 Å². The number of morpholine rings is 1. The van der Waals surface area contributed by atoms with Crippen molar-refractivity contribution >= 4 is 5.78 Å². The largest absolute Gasteiger partial charge is 0.379 e. The van der Waals surface area contributed by atoms with E-state index in [-0.39, 0.29) is 5.78 Å². The molecule has 0 saturated carbocycles. The average Bonchev–Trinajstić information content (AvgIpc) is 2.48. The number of nitrogens with zero attached hydrogens (tertiary/aromatic N) is 1. The molecule has 1 aliphatic heterocycles. The van der Waals surface area contributed by atoms with Gasteiger partial charge in [0.1, 0.15) is 0 Å². The molecule has 3 heteroatoms. The minimum absolute atomic E-state index is 0.263. The summed E-state index contributed by atoms with van der Waals surface area (Å²) in [5.41, 5.74) is 2.17. The maximum atomic E-state index is 12.2. The van der Waals surface area contributed by atoms with Gasteiger partial charge in [-0.3, -0.25) is 9.69 Å². The summed E-state index contributed by atoms with van der Waals surface area (Å²) in [4.78, 5) is 14.6. The summed E-state index contributed by atoms with van der Waals surface area (Å²) in [6.45, 7) is 9.07. The zero-order valence-electron chi connectivity index (χ0n) is 13.3. The van der Waals surface area contributed by atoms with Crippen molar-refractivity contribution in [1.29, 1.82) is 0 Å². The summed E-state index contributed by atoms with van der Waals surface area (Å²) in [6, 6.07) is 8.15. The van der Waals surface area contributed by atoms with Crippen LogP contribution in [0, 0.1) is 5.92 Å². The maximum absolute atomic E-state index is 12.2. The number of hydrogen-bond acceptors (Lipinski definition) is 3. The van der Waals surface area contributed by atoms with Gasteiger partial charge in [-0.1, -0.05) is 38.1 Å². The van der Waals surface area contributed by atoms with Gasteiger partial charge < -0.3 is 4.74 Å². The summed E-state index contributed by atoms with van der Waals surface area (Å²) < 4.78 is 5.33. The van der Waals surface area contributed by atoms with Crippen LogP contribution in [0.2, 0.25) is 0 Å². The third kappa shape index (κ3) is 5.60. The van der Waals surface area contributed by atoms with Gasteiger partial charge in [-0.05, 0) is 30.9 Å². The summed E-state index contributed by atoms with van der Waals surface area (Å²) in [5, 5.41) is 0. The minimum atomic E-state index is 0.263. The fraction of sp³-hybridized carbons (Fsp3) is 0.611. The van der Waals surface area contributed by atoms with Crippen molar-refractivity contribution in [2.45, 2.75) is 33.1 Å². The lowest BCUT2D eigenvalue weighted by molar-refractivity contribution is 0.0371. The molecule has 1 saturated heterocycles. The number of carbonyl (C=O) groups excluding carboxylic acids is 1. The van der Waals surface area contributed by atoms with Gasteiger partial charge in [0, 0.05) is 25.1 Å². The molecule has 0 atom stereocenters. The van der Waals surface area contributed by atoms with Crippen molar-refractivity contribution in [3.05, 3.63) is 35.4 Å². The monoisotopic (exact) mass is 289 g/mol. The quantitative estimate of drug-likeness (QED) is 0.722. The molecular formula is C18H27NO2. The average molecular weight is 289 g/mol. The Hall–Kier alpha value is -1.19. The van der Waals surface area contributed by atoms with Crippen LogP contribution in [0.5, 0.6) is 0 Å². The van der Waals surface area contributed by atoms with Crippen molar-refractivity contribution in [2.75, 3.05) is 32.8 Å². The fourth-order valence-corrected chi connectivity index (χ4v) is 2.73. The number of hydrogen-bond donors (Lipinski definition) is 0. The van der Waals surface area contributed by atoms with Crippen LogP contribution in [0.25, 0.3) is 0 Å². The number of Topliss-reactive ketones (excluding diaryl/α,β-unsaturated/α-hetero) is 1. The van der Waals surface area contributed by atoms with Gasteiger partial charge in [0.25, 0.3) is 0 Å². The number of rotatable bonds is 7. The summed E-state index contributed by atoms with van der Waals surface area (Å²) in [5.74, 6) is 0.916. The molecule has 21 heavy (non-hydrogen) atoms. The van der Waals surface area contributed by atoms with Gasteiger partial charge in [-0.25, -0.2) is 0 Å². The number of ether oxygens (including phenoxy) is 1. The second kappa shape index (κ2) is 8.30. The molecule has 1 aliphatic rings. The molecule has 0 bridgehead atoms. The van der Waals surface area contributed by atoms with E-state index in [2.05, 4.69) is 30.9 Å². The minimum Gasteiger partial charge on any atom is -0.379 e. The fourth-order valence-electron chi connectivity index (χ4n) is 2.73. The van der Waals surface area contributed by atoms with Crippen LogP contribution in [-0.2, 0) is 11.2 Å². The van der Waals surface area contributed by atoms with E-state index in [1.165, 1.54) is 5.56 Å². The molecule has 0 N–H and O–H groups in total. The Balaban J connectivity index is 1.74. The molecule has 0 amide bonds. The highest BCUT2D eigenvalue weighted by molar-refractivity contribution is 5.96. The zero-order chi connectivity index (χ0) is 15.1. The molecule has 1 aromatic rings. The predicted octanol–water partition coefficient (Wildman–Crippen LogP) is 3.18. The second-order valence-corrected chi connectivity index (χ2v) is 6.28. The molecule has 2 rings (SSSR count). The number of ketones is 1. The SMILES string of the molecule is CC(C)Cc1ccc(C(=O)CCCN2CCOCC2)cc1. The van der Waals surface area contributed by atoms with Crippen LogP contribution in [0.15, 0.2) is 24.3 Å². The van der Waals surface area contributed by atoms with E-state index in [0.29, 0.717) is 12.3 Å². The van der Waals surface area contributed by atoms with Crippen molar-refractivity contribution in [3.63, 3.8) is 0 Å². The molecule has 3 nitrogen and oxygen atoms in total. The number of carbonyl (C=O) groups is 1. The van der Waals surface area contributed by atoms with E-state index in [1.807, 2.05) is 12.1 Å². The lowest BCUT2D eigenvalue weighted by Gasteiger charge is -2.26. The first kappa shape index (κ1) is 16.2. The van der Waals surface area contributed by atoms with Crippen LogP contribution in [0.4, 0.5) is 0 Å². The van der Waals surface area contributed by atoms with Crippen LogP contribution in [-0.4, -0.2) is 43.5 Å². The molecule has 0 spiro atoms. The normalized spacial score (nSPS) is 16.3. The van der Waals surface area contributed by atoms with E-state index in [0.717, 1.165) is 51.3 Å². The Labute approximate surface area is 128 Å². The molecular weight excluding hydrogens is 262 g/mol. The first-order valence-corrected chi connectivity index (χ1v) is 8.07. The maximum Gasteiger partial charge on any atom is 0.162 e. The second-order valence-electron chi connectivity index (χ2n) is 6.28. The standard InChI is InChI=1S/C18H27NO2/c1-15(2)14-16-5-7-17(8-6-16)18(20)4-3-9-19-10-12-21-13-11-19/h5-8,15H,3-4,9-14H2,1-2H3. The van der Waals surface area contributed by atoms with Crippen LogP contribution < -0.4 is 0 Å². The third-order valence-electron chi connectivity index (χ3n) is 3.90. The molecule has 116 valence electrons. The summed E-state index contributed by atoms with van der Waals surface area (Å²) in [6.07, 6.45) is 2.65. The molecule has 1 heterocycles. The van der Waals surface area contributed by atoms with Crippen LogP contribution >= 0.6 is 0 Å². The van der Waals surface area contributed by atoms with Crippen molar-refractivity contribution < 1.29 is 9.53 Å². The molecule has 1 aromatic carbocycles. The summed E-state index contributed by atoms with van der Waals surface area (Å²) in [7, 11) is 0. The van der Waals surface area contributed by atoms with Gasteiger partial charge in [0.15, 0.2) is 5.78 Å². The van der Waals surface area contributed by atoms with Gasteiger partial charge in [0.2, 0.25) is 0 Å². The lowest BCUT2D eigenvalue weighted by Crippen LogP contribution is -2.36.